The fourth-order valence-corrected chi connectivity index (χ4v) is 4.34. The van der Waals surface area contributed by atoms with Crippen LogP contribution in [0.15, 0.2) is 29.3 Å². The van der Waals surface area contributed by atoms with Gasteiger partial charge in [0, 0.05) is 0 Å². The summed E-state index contributed by atoms with van der Waals surface area (Å²) in [5.74, 6) is 0.896. The summed E-state index contributed by atoms with van der Waals surface area (Å²) in [4.78, 5) is 30.1. The third-order valence-electron chi connectivity index (χ3n) is 4.80. The van der Waals surface area contributed by atoms with Gasteiger partial charge in [0.15, 0.2) is 11.5 Å². The highest BCUT2D eigenvalue weighted by atomic mass is 32.1. The van der Waals surface area contributed by atoms with Crippen molar-refractivity contribution in [3.63, 3.8) is 0 Å². The monoisotopic (exact) mass is 446 g/mol. The quantitative estimate of drug-likeness (QED) is 0.525. The minimum absolute atomic E-state index is 0.0208. The zero-order valence-electron chi connectivity index (χ0n) is 17.1. The molecule has 3 aromatic rings. The number of hydrogen-bond donors (Lipinski definition) is 1. The van der Waals surface area contributed by atoms with Crippen LogP contribution in [0.3, 0.4) is 0 Å². The molecular weight excluding hydrogens is 424 g/mol. The topological polar surface area (TPSA) is 109 Å². The average molecular weight is 446 g/mol. The Labute approximate surface area is 181 Å². The Kier molecular flexibility index (Phi) is 6.21. The minimum Gasteiger partial charge on any atom is -0.462 e. The maximum absolute atomic E-state index is 12.9. The van der Waals surface area contributed by atoms with Crippen LogP contribution in [-0.2, 0) is 22.6 Å². The van der Waals surface area contributed by atoms with Crippen LogP contribution >= 0.6 is 11.3 Å². The van der Waals surface area contributed by atoms with E-state index in [2.05, 4.69) is 4.98 Å². The van der Waals surface area contributed by atoms with Gasteiger partial charge in [-0.3, -0.25) is 9.36 Å². The number of benzene rings is 1. The van der Waals surface area contributed by atoms with Crippen LogP contribution in [0, 0.1) is 6.92 Å². The number of carbonyl (C=O) groups is 1. The molecule has 9 nitrogen and oxygen atoms in total. The third kappa shape index (κ3) is 4.41. The van der Waals surface area contributed by atoms with Gasteiger partial charge in [0.05, 0.1) is 44.2 Å². The highest BCUT2D eigenvalue weighted by molar-refractivity contribution is 7.20. The van der Waals surface area contributed by atoms with E-state index >= 15 is 0 Å². The Morgan fingerprint density at radius 3 is 2.97 bits per heavy atom. The molecule has 10 heteroatoms. The van der Waals surface area contributed by atoms with Gasteiger partial charge in [-0.1, -0.05) is 6.07 Å². The van der Waals surface area contributed by atoms with E-state index in [4.69, 9.17) is 18.9 Å². The average Bonchev–Trinajstić information content (AvgIpc) is 3.34. The van der Waals surface area contributed by atoms with Crippen LogP contribution in [0.5, 0.6) is 11.5 Å². The fourth-order valence-electron chi connectivity index (χ4n) is 3.30. The van der Waals surface area contributed by atoms with Crippen molar-refractivity contribution >= 4 is 27.5 Å². The Balaban J connectivity index is 1.40. The second kappa shape index (κ2) is 9.04. The number of aryl methyl sites for hydroxylation is 1. The number of nitrogens with zero attached hydrogens (tertiary/aromatic N) is 2. The van der Waals surface area contributed by atoms with E-state index < -0.39 is 12.1 Å². The van der Waals surface area contributed by atoms with Crippen molar-refractivity contribution in [3.05, 3.63) is 50.9 Å². The molecule has 1 aliphatic rings. The fraction of sp³-hybridized carbons (Fsp3) is 0.381. The minimum atomic E-state index is -0.908. The summed E-state index contributed by atoms with van der Waals surface area (Å²) in [6, 6.07) is 5.51. The maximum Gasteiger partial charge on any atom is 0.348 e. The van der Waals surface area contributed by atoms with Crippen LogP contribution in [0.1, 0.15) is 27.7 Å². The lowest BCUT2D eigenvalue weighted by Gasteiger charge is -2.13. The summed E-state index contributed by atoms with van der Waals surface area (Å²) in [5, 5.41) is 10.7. The molecule has 1 aliphatic heterocycles. The molecule has 1 aromatic carbocycles. The molecule has 1 atom stereocenters. The standard InChI is InChI=1S/C21H22N2O7S/c1-3-28-21(26)18-12(2)17-19(31-18)22-10-23(20(17)25)7-14(24)9-27-8-13-4-5-15-16(6-13)30-11-29-15/h4-6,10,14,24H,3,7-9,11H2,1-2H3. The lowest BCUT2D eigenvalue weighted by molar-refractivity contribution is 0.0198. The van der Waals surface area contributed by atoms with Gasteiger partial charge >= 0.3 is 5.97 Å². The number of aromatic nitrogens is 2. The summed E-state index contributed by atoms with van der Waals surface area (Å²) in [7, 11) is 0. The molecule has 0 spiro atoms. The van der Waals surface area contributed by atoms with Crippen molar-refractivity contribution in [2.75, 3.05) is 20.0 Å². The smallest absolute Gasteiger partial charge is 0.348 e. The van der Waals surface area contributed by atoms with E-state index in [9.17, 15) is 14.7 Å². The Bertz CT molecular complexity index is 1170. The molecule has 164 valence electrons. The summed E-state index contributed by atoms with van der Waals surface area (Å²) in [6.45, 7) is 4.22. The number of thiophene rings is 1. The lowest BCUT2D eigenvalue weighted by Crippen LogP contribution is -2.29. The number of hydrogen-bond acceptors (Lipinski definition) is 9. The van der Waals surface area contributed by atoms with Gasteiger partial charge in [0.25, 0.3) is 5.56 Å². The molecule has 2 aromatic heterocycles. The molecule has 0 fully saturated rings. The molecule has 3 heterocycles. The number of esters is 1. The molecule has 0 saturated heterocycles. The van der Waals surface area contributed by atoms with Gasteiger partial charge in [-0.2, -0.15) is 0 Å². The van der Waals surface area contributed by atoms with Crippen LogP contribution < -0.4 is 15.0 Å². The van der Waals surface area contributed by atoms with Crippen molar-refractivity contribution in [3.8, 4) is 11.5 Å². The van der Waals surface area contributed by atoms with E-state index in [1.54, 1.807) is 13.8 Å². The van der Waals surface area contributed by atoms with Crippen molar-refractivity contribution in [2.45, 2.75) is 33.1 Å². The SMILES string of the molecule is CCOC(=O)c1sc2ncn(CC(O)COCc3ccc4c(c3)OCO4)c(=O)c2c1C. The predicted octanol–water partition coefficient (Wildman–Crippen LogP) is 2.25. The van der Waals surface area contributed by atoms with Crippen molar-refractivity contribution in [1.29, 1.82) is 0 Å². The van der Waals surface area contributed by atoms with Crippen LogP contribution in [0.25, 0.3) is 10.2 Å². The van der Waals surface area contributed by atoms with Crippen molar-refractivity contribution < 1.29 is 28.8 Å². The zero-order chi connectivity index (χ0) is 22.0. The van der Waals surface area contributed by atoms with Gasteiger partial charge in [-0.05, 0) is 37.1 Å². The van der Waals surface area contributed by atoms with E-state index in [1.165, 1.54) is 10.9 Å². The number of aliphatic hydroxyl groups is 1. The first-order valence-corrected chi connectivity index (χ1v) is 10.6. The summed E-state index contributed by atoms with van der Waals surface area (Å²) >= 11 is 1.13. The van der Waals surface area contributed by atoms with Crippen molar-refractivity contribution in [1.82, 2.24) is 9.55 Å². The molecular formula is C21H22N2O7S. The number of fused-ring (bicyclic) bond motifs is 2. The molecule has 31 heavy (non-hydrogen) atoms. The predicted molar refractivity (Wildman–Crippen MR) is 113 cm³/mol. The lowest BCUT2D eigenvalue weighted by atomic mass is 10.2. The highest BCUT2D eigenvalue weighted by Gasteiger charge is 2.21. The molecule has 0 saturated carbocycles. The third-order valence-corrected chi connectivity index (χ3v) is 5.98. The number of carbonyl (C=O) groups excluding carboxylic acids is 1. The Hall–Kier alpha value is -2.95. The van der Waals surface area contributed by atoms with Crippen LogP contribution in [-0.4, -0.2) is 46.7 Å². The number of rotatable bonds is 8. The van der Waals surface area contributed by atoms with Gasteiger partial charge in [-0.25, -0.2) is 9.78 Å². The second-order valence-corrected chi connectivity index (χ2v) is 8.01. The summed E-state index contributed by atoms with van der Waals surface area (Å²) in [6.07, 6.45) is 0.464. The Morgan fingerprint density at radius 2 is 2.16 bits per heavy atom. The van der Waals surface area contributed by atoms with Gasteiger partial charge in [0.1, 0.15) is 9.71 Å². The first-order chi connectivity index (χ1) is 15.0. The first kappa shape index (κ1) is 21.3. The first-order valence-electron chi connectivity index (χ1n) is 9.78. The van der Waals surface area contributed by atoms with Gasteiger partial charge in [0.2, 0.25) is 6.79 Å². The maximum atomic E-state index is 12.9. The van der Waals surface area contributed by atoms with E-state index in [1.807, 2.05) is 18.2 Å². The molecule has 1 N–H and O–H groups in total. The molecule has 1 unspecified atom stereocenters. The molecule has 4 rings (SSSR count). The summed E-state index contributed by atoms with van der Waals surface area (Å²) < 4.78 is 22.6. The Morgan fingerprint density at radius 1 is 1.35 bits per heavy atom. The van der Waals surface area contributed by atoms with E-state index in [0.29, 0.717) is 32.2 Å². The van der Waals surface area contributed by atoms with Gasteiger partial charge < -0.3 is 24.1 Å². The van der Waals surface area contributed by atoms with Crippen LogP contribution in [0.2, 0.25) is 0 Å². The largest absolute Gasteiger partial charge is 0.462 e. The van der Waals surface area contributed by atoms with Crippen LogP contribution in [0.4, 0.5) is 0 Å². The number of ether oxygens (including phenoxy) is 4. The molecule has 0 amide bonds. The molecule has 0 bridgehead atoms. The van der Waals surface area contributed by atoms with Crippen molar-refractivity contribution in [2.24, 2.45) is 0 Å². The second-order valence-electron chi connectivity index (χ2n) is 7.02. The summed E-state index contributed by atoms with van der Waals surface area (Å²) in [5.41, 5.74) is 1.11. The van der Waals surface area contributed by atoms with E-state index in [-0.39, 0.29) is 38.7 Å². The number of aliphatic hydroxyl groups excluding tert-OH is 1. The normalized spacial score (nSPS) is 13.5. The van der Waals surface area contributed by atoms with Gasteiger partial charge in [-0.15, -0.1) is 11.3 Å². The molecule has 0 aliphatic carbocycles. The van der Waals surface area contributed by atoms with E-state index in [0.717, 1.165) is 16.9 Å². The highest BCUT2D eigenvalue weighted by Crippen LogP contribution is 2.32. The zero-order valence-corrected chi connectivity index (χ0v) is 17.9. The molecule has 0 radical (unpaired) electrons.